The zero-order valence-electron chi connectivity index (χ0n) is 21.7. The molecule has 39 heavy (non-hydrogen) atoms. The van der Waals surface area contributed by atoms with E-state index in [0.717, 1.165) is 31.9 Å². The molecule has 2 aliphatic heterocycles. The zero-order valence-corrected chi connectivity index (χ0v) is 21.7. The Labute approximate surface area is 225 Å². The minimum absolute atomic E-state index is 0.00463. The number of anilines is 2. The third-order valence-electron chi connectivity index (χ3n) is 7.40. The van der Waals surface area contributed by atoms with Gasteiger partial charge >= 0.3 is 0 Å². The van der Waals surface area contributed by atoms with Crippen molar-refractivity contribution in [2.45, 2.75) is 6.04 Å². The fraction of sp³-hybridized carbons (Fsp3) is 0.233. The van der Waals surface area contributed by atoms with E-state index in [1.54, 1.807) is 48.8 Å². The van der Waals surface area contributed by atoms with Gasteiger partial charge in [0.1, 0.15) is 0 Å². The van der Waals surface area contributed by atoms with Gasteiger partial charge in [-0.25, -0.2) is 0 Å². The van der Waals surface area contributed by atoms with Crippen LogP contribution in [0.25, 0.3) is 11.0 Å². The normalized spacial score (nSPS) is 18.3. The smallest absolute Gasteiger partial charge is 0.294 e. The van der Waals surface area contributed by atoms with Crippen molar-refractivity contribution < 1.29 is 23.8 Å². The van der Waals surface area contributed by atoms with Crippen molar-refractivity contribution >= 4 is 34.0 Å². The lowest BCUT2D eigenvalue weighted by Gasteiger charge is -2.34. The Morgan fingerprint density at radius 2 is 1.77 bits per heavy atom. The molecule has 2 aliphatic rings. The van der Waals surface area contributed by atoms with E-state index in [1.165, 1.54) is 12.0 Å². The monoisotopic (exact) mass is 524 g/mol. The summed E-state index contributed by atoms with van der Waals surface area (Å²) in [5.41, 5.74) is 2.57. The summed E-state index contributed by atoms with van der Waals surface area (Å²) in [7, 11) is 3.63. The van der Waals surface area contributed by atoms with Gasteiger partial charge in [0.05, 0.1) is 18.7 Å². The second kappa shape index (κ2) is 9.92. The van der Waals surface area contributed by atoms with Gasteiger partial charge in [-0.15, -0.1) is 0 Å². The molecule has 6 rings (SSSR count). The molecule has 1 unspecified atom stereocenters. The molecule has 1 saturated heterocycles. The molecule has 2 aromatic heterocycles. The van der Waals surface area contributed by atoms with Crippen LogP contribution < -0.4 is 14.5 Å². The van der Waals surface area contributed by atoms with Gasteiger partial charge in [0.25, 0.3) is 5.91 Å². The molecule has 0 bridgehead atoms. The summed E-state index contributed by atoms with van der Waals surface area (Å²) in [5, 5.41) is 11.8. The maximum atomic E-state index is 13.9. The number of amides is 1. The second-order valence-corrected chi connectivity index (χ2v) is 9.75. The first-order chi connectivity index (χ1) is 19.0. The number of hydrogen-bond acceptors (Lipinski definition) is 8. The molecule has 0 saturated carbocycles. The number of aliphatic hydroxyl groups excluding tert-OH is 1. The highest BCUT2D eigenvalue weighted by atomic mass is 16.5. The average Bonchev–Trinajstić information content (AvgIpc) is 3.53. The summed E-state index contributed by atoms with van der Waals surface area (Å²) in [6.45, 7) is 3.79. The van der Waals surface area contributed by atoms with Crippen LogP contribution in [0.15, 0.2) is 88.8 Å². The van der Waals surface area contributed by atoms with Crippen LogP contribution in [0.3, 0.4) is 0 Å². The predicted molar refractivity (Wildman–Crippen MR) is 147 cm³/mol. The molecule has 9 heteroatoms. The minimum atomic E-state index is -0.886. The molecule has 4 heterocycles. The van der Waals surface area contributed by atoms with Crippen LogP contribution in [-0.4, -0.2) is 67.0 Å². The number of benzene rings is 2. The van der Waals surface area contributed by atoms with Crippen molar-refractivity contribution in [2.24, 2.45) is 0 Å². The largest absolute Gasteiger partial charge is 0.503 e. The van der Waals surface area contributed by atoms with Crippen LogP contribution >= 0.6 is 0 Å². The number of methoxy groups -OCH3 is 1. The first-order valence-electron chi connectivity index (χ1n) is 12.8. The summed E-state index contributed by atoms with van der Waals surface area (Å²) < 4.78 is 11.3. The number of fused-ring (bicyclic) bond motifs is 1. The van der Waals surface area contributed by atoms with Crippen LogP contribution in [0, 0.1) is 0 Å². The van der Waals surface area contributed by atoms with Gasteiger partial charge in [0.2, 0.25) is 5.78 Å². The molecule has 1 fully saturated rings. The van der Waals surface area contributed by atoms with E-state index in [1.807, 2.05) is 24.3 Å². The molecule has 0 aliphatic carbocycles. The third-order valence-corrected chi connectivity index (χ3v) is 7.40. The van der Waals surface area contributed by atoms with Crippen molar-refractivity contribution in [1.82, 2.24) is 9.88 Å². The number of ether oxygens (including phenoxy) is 1. The molecule has 2 aromatic carbocycles. The molecule has 9 nitrogen and oxygen atoms in total. The fourth-order valence-corrected chi connectivity index (χ4v) is 5.29. The molecular weight excluding hydrogens is 496 g/mol. The number of pyridine rings is 1. The van der Waals surface area contributed by atoms with Crippen LogP contribution in [0.1, 0.15) is 22.2 Å². The van der Waals surface area contributed by atoms with E-state index in [4.69, 9.17) is 9.15 Å². The standard InChI is InChI=1S/C30H28N4O5/c1-32-13-15-33(16-14-32)21-8-10-22(11-9-21)34-26(20-6-4-12-31-18-20)25(28(36)30(34)37)27(35)24-17-19-5-3-7-23(38-2)29(19)39-24/h3-12,17-18,26,36H,13-16H2,1-2H3. The number of carbonyl (C=O) groups excluding carboxylic acids is 2. The summed E-state index contributed by atoms with van der Waals surface area (Å²) in [4.78, 5) is 37.6. The number of rotatable bonds is 6. The quantitative estimate of drug-likeness (QED) is 0.371. The van der Waals surface area contributed by atoms with Gasteiger partial charge in [-0.3, -0.25) is 19.5 Å². The molecule has 1 N–H and O–H groups in total. The SMILES string of the molecule is COc1cccc2cc(C(=O)C3=C(O)C(=O)N(c4ccc(N5CCN(C)CC5)cc4)C3c3cccnc3)oc12. The molecular formula is C30H28N4O5. The number of para-hydroxylation sites is 1. The van der Waals surface area contributed by atoms with Gasteiger partial charge in [-0.1, -0.05) is 18.2 Å². The Morgan fingerprint density at radius 3 is 2.46 bits per heavy atom. The van der Waals surface area contributed by atoms with Crippen molar-refractivity contribution in [2.75, 3.05) is 50.1 Å². The minimum Gasteiger partial charge on any atom is -0.503 e. The van der Waals surface area contributed by atoms with Crippen molar-refractivity contribution in [1.29, 1.82) is 0 Å². The number of hydrogen-bond donors (Lipinski definition) is 1. The van der Waals surface area contributed by atoms with E-state index in [9.17, 15) is 14.7 Å². The average molecular weight is 525 g/mol. The number of aliphatic hydroxyl groups is 1. The summed E-state index contributed by atoms with van der Waals surface area (Å²) in [5.74, 6) is -1.36. The van der Waals surface area contributed by atoms with Gasteiger partial charge in [0, 0.05) is 55.3 Å². The first kappa shape index (κ1) is 24.7. The number of nitrogens with zero attached hydrogens (tertiary/aromatic N) is 4. The van der Waals surface area contributed by atoms with E-state index in [2.05, 4.69) is 21.8 Å². The molecule has 198 valence electrons. The van der Waals surface area contributed by atoms with Crippen molar-refractivity contribution in [3.05, 3.63) is 95.7 Å². The fourth-order valence-electron chi connectivity index (χ4n) is 5.29. The van der Waals surface area contributed by atoms with Crippen LogP contribution in [-0.2, 0) is 4.79 Å². The first-order valence-corrected chi connectivity index (χ1v) is 12.8. The third kappa shape index (κ3) is 4.30. The van der Waals surface area contributed by atoms with E-state index >= 15 is 0 Å². The lowest BCUT2D eigenvalue weighted by Crippen LogP contribution is -2.44. The van der Waals surface area contributed by atoms with Gasteiger partial charge in [-0.2, -0.15) is 0 Å². The Bertz CT molecular complexity index is 1570. The number of furan rings is 1. The summed E-state index contributed by atoms with van der Waals surface area (Å²) in [6, 6.07) is 17.2. The predicted octanol–water partition coefficient (Wildman–Crippen LogP) is 4.37. The molecule has 4 aromatic rings. The molecule has 1 atom stereocenters. The molecule has 1 amide bonds. The second-order valence-electron chi connectivity index (χ2n) is 9.75. The van der Waals surface area contributed by atoms with Gasteiger partial charge < -0.3 is 24.1 Å². The summed E-state index contributed by atoms with van der Waals surface area (Å²) in [6.07, 6.45) is 3.21. The number of aromatic nitrogens is 1. The maximum Gasteiger partial charge on any atom is 0.294 e. The zero-order chi connectivity index (χ0) is 27.1. The number of piperazine rings is 1. The van der Waals surface area contributed by atoms with E-state index in [-0.39, 0.29) is 11.3 Å². The van der Waals surface area contributed by atoms with Crippen molar-refractivity contribution in [3.63, 3.8) is 0 Å². The van der Waals surface area contributed by atoms with Gasteiger partial charge in [-0.05, 0) is 55.1 Å². The molecule has 0 spiro atoms. The number of Topliss-reactive ketones (excluding diaryl/α,β-unsaturated/α-hetero) is 1. The highest BCUT2D eigenvalue weighted by Gasteiger charge is 2.45. The topological polar surface area (TPSA) is 99.3 Å². The van der Waals surface area contributed by atoms with Gasteiger partial charge in [0.15, 0.2) is 22.9 Å². The lowest BCUT2D eigenvalue weighted by molar-refractivity contribution is -0.117. The maximum absolute atomic E-state index is 13.9. The Hall–Kier alpha value is -4.63. The number of ketones is 1. The number of likely N-dealkylation sites (N-methyl/N-ethyl adjacent to an activating group) is 1. The number of carbonyl (C=O) groups is 2. The van der Waals surface area contributed by atoms with E-state index in [0.29, 0.717) is 28.0 Å². The highest BCUT2D eigenvalue weighted by molar-refractivity contribution is 6.20. The lowest BCUT2D eigenvalue weighted by atomic mass is 9.96. The Balaban J connectivity index is 1.38. The highest BCUT2D eigenvalue weighted by Crippen LogP contribution is 2.43. The Kier molecular flexibility index (Phi) is 6.28. The van der Waals surface area contributed by atoms with E-state index < -0.39 is 23.5 Å². The van der Waals surface area contributed by atoms with Crippen LogP contribution in [0.2, 0.25) is 0 Å². The Morgan fingerprint density at radius 1 is 1.03 bits per heavy atom. The molecule has 0 radical (unpaired) electrons. The summed E-state index contributed by atoms with van der Waals surface area (Å²) >= 11 is 0. The van der Waals surface area contributed by atoms with Crippen molar-refractivity contribution in [3.8, 4) is 5.75 Å². The van der Waals surface area contributed by atoms with Crippen LogP contribution in [0.5, 0.6) is 5.75 Å². The van der Waals surface area contributed by atoms with Crippen LogP contribution in [0.4, 0.5) is 11.4 Å².